The van der Waals surface area contributed by atoms with Crippen molar-refractivity contribution in [1.29, 1.82) is 0 Å². The molecular weight excluding hydrogens is 308 g/mol. The van der Waals surface area contributed by atoms with Gasteiger partial charge < -0.3 is 5.32 Å². The lowest BCUT2D eigenvalue weighted by atomic mass is 10.2. The van der Waals surface area contributed by atoms with Gasteiger partial charge in [-0.25, -0.2) is 4.98 Å². The Morgan fingerprint density at radius 1 is 1.38 bits per heavy atom. The number of hydrogen-bond donors (Lipinski definition) is 1. The van der Waals surface area contributed by atoms with Crippen molar-refractivity contribution < 1.29 is 0 Å². The lowest BCUT2D eigenvalue weighted by Crippen LogP contribution is -1.99. The highest BCUT2D eigenvalue weighted by Crippen LogP contribution is 2.21. The summed E-state index contributed by atoms with van der Waals surface area (Å²) in [6.07, 6.45) is 1.78. The van der Waals surface area contributed by atoms with Crippen LogP contribution in [-0.4, -0.2) is 25.2 Å². The summed E-state index contributed by atoms with van der Waals surface area (Å²) in [6.45, 7) is 3.36. The molecule has 0 amide bonds. The van der Waals surface area contributed by atoms with E-state index in [9.17, 15) is 0 Å². The molecule has 0 radical (unpaired) electrons. The Morgan fingerprint density at radius 3 is 3.00 bits per heavy atom. The first-order valence-corrected chi connectivity index (χ1v) is 7.66. The number of nitrogens with one attached hydrogen (secondary N) is 1. The quantitative estimate of drug-likeness (QED) is 0.782. The third-order valence-electron chi connectivity index (χ3n) is 2.85. The molecule has 21 heavy (non-hydrogen) atoms. The number of hydrogen-bond acceptors (Lipinski definition) is 6. The fourth-order valence-corrected chi connectivity index (χ4v) is 2.73. The number of benzene rings is 1. The summed E-state index contributed by atoms with van der Waals surface area (Å²) in [7, 11) is 0. The Hall–Kier alpha value is -1.99. The smallest absolute Gasteiger partial charge is 0.204 e. The minimum absolute atomic E-state index is 0.556. The van der Waals surface area contributed by atoms with E-state index in [0.717, 1.165) is 16.1 Å². The number of nitrogens with zero attached hydrogens (tertiary/aromatic N) is 5. The Labute approximate surface area is 130 Å². The lowest BCUT2D eigenvalue weighted by Gasteiger charge is -2.05. The zero-order chi connectivity index (χ0) is 14.7. The van der Waals surface area contributed by atoms with Gasteiger partial charge in [-0.2, -0.15) is 4.80 Å². The maximum absolute atomic E-state index is 5.82. The van der Waals surface area contributed by atoms with Crippen molar-refractivity contribution in [2.45, 2.75) is 20.0 Å². The van der Waals surface area contributed by atoms with Crippen LogP contribution in [0.15, 0.2) is 30.5 Å². The third-order valence-corrected chi connectivity index (χ3v) is 3.96. The maximum Gasteiger partial charge on any atom is 0.204 e. The van der Waals surface area contributed by atoms with Gasteiger partial charge in [0.1, 0.15) is 0 Å². The second-order valence-electron chi connectivity index (χ2n) is 4.32. The first kappa shape index (κ1) is 14.0. The summed E-state index contributed by atoms with van der Waals surface area (Å²) in [5, 5.41) is 15.7. The van der Waals surface area contributed by atoms with Crippen molar-refractivity contribution in [3.05, 3.63) is 39.8 Å². The van der Waals surface area contributed by atoms with E-state index in [4.69, 9.17) is 11.6 Å². The molecule has 0 aliphatic rings. The highest BCUT2D eigenvalue weighted by molar-refractivity contribution is 7.15. The van der Waals surface area contributed by atoms with Crippen molar-refractivity contribution in [3.63, 3.8) is 0 Å². The normalized spacial score (nSPS) is 10.8. The van der Waals surface area contributed by atoms with Crippen LogP contribution in [0, 0.1) is 0 Å². The molecule has 0 atom stereocenters. The topological polar surface area (TPSA) is 68.5 Å². The molecule has 2 heterocycles. The van der Waals surface area contributed by atoms with Gasteiger partial charge in [0.15, 0.2) is 4.47 Å². The van der Waals surface area contributed by atoms with Crippen molar-refractivity contribution in [2.24, 2.45) is 0 Å². The first-order chi connectivity index (χ1) is 10.2. The number of tetrazole rings is 1. The number of anilines is 1. The molecule has 108 valence electrons. The van der Waals surface area contributed by atoms with E-state index >= 15 is 0 Å². The van der Waals surface area contributed by atoms with Crippen LogP contribution >= 0.6 is 22.9 Å². The van der Waals surface area contributed by atoms with Gasteiger partial charge in [0, 0.05) is 22.3 Å². The Balaban J connectivity index is 1.73. The molecule has 6 nitrogen and oxygen atoms in total. The summed E-state index contributed by atoms with van der Waals surface area (Å²) < 4.78 is 0.556. The van der Waals surface area contributed by atoms with Crippen LogP contribution in [0.5, 0.6) is 0 Å². The van der Waals surface area contributed by atoms with E-state index in [-0.39, 0.29) is 0 Å². The molecule has 0 saturated carbocycles. The second kappa shape index (κ2) is 6.19. The van der Waals surface area contributed by atoms with E-state index in [0.29, 0.717) is 23.4 Å². The van der Waals surface area contributed by atoms with Gasteiger partial charge in [-0.3, -0.25) is 0 Å². The highest BCUT2D eigenvalue weighted by Gasteiger charge is 2.06. The summed E-state index contributed by atoms with van der Waals surface area (Å²) >= 11 is 7.28. The number of rotatable bonds is 5. The molecule has 0 unspecified atom stereocenters. The number of aryl methyl sites for hydroxylation is 1. The molecule has 0 fully saturated rings. The van der Waals surface area contributed by atoms with Crippen LogP contribution in [0.25, 0.3) is 11.4 Å². The van der Waals surface area contributed by atoms with Gasteiger partial charge in [-0.05, 0) is 24.3 Å². The molecule has 8 heteroatoms. The van der Waals surface area contributed by atoms with Crippen LogP contribution in [0.3, 0.4) is 0 Å². The average molecular weight is 321 g/mol. The minimum atomic E-state index is 0.556. The number of aromatic nitrogens is 5. The predicted octanol–water partition coefficient (Wildman–Crippen LogP) is 3.08. The van der Waals surface area contributed by atoms with Crippen LogP contribution in [0.2, 0.25) is 4.47 Å². The SMILES string of the molecule is CCn1nnc(-c2cccc(NCc3cnc(Cl)s3)c2)n1. The Kier molecular flexibility index (Phi) is 4.12. The summed E-state index contributed by atoms with van der Waals surface area (Å²) in [4.78, 5) is 6.67. The van der Waals surface area contributed by atoms with Crippen LogP contribution in [-0.2, 0) is 13.1 Å². The predicted molar refractivity (Wildman–Crippen MR) is 83.4 cm³/mol. The molecule has 1 aromatic carbocycles. The highest BCUT2D eigenvalue weighted by atomic mass is 35.5. The minimum Gasteiger partial charge on any atom is -0.380 e. The zero-order valence-electron chi connectivity index (χ0n) is 11.3. The molecular formula is C13H13ClN6S. The largest absolute Gasteiger partial charge is 0.380 e. The van der Waals surface area contributed by atoms with Gasteiger partial charge in [0.2, 0.25) is 5.82 Å². The lowest BCUT2D eigenvalue weighted by molar-refractivity contribution is 0.553. The van der Waals surface area contributed by atoms with Crippen molar-refractivity contribution in [1.82, 2.24) is 25.2 Å². The molecule has 0 aliphatic carbocycles. The standard InChI is InChI=1S/C13H13ClN6S/c1-2-20-18-12(17-19-20)9-4-3-5-10(6-9)15-7-11-8-16-13(14)21-11/h3-6,8,15H,2,7H2,1H3. The maximum atomic E-state index is 5.82. The van der Waals surface area contributed by atoms with Crippen LogP contribution < -0.4 is 5.32 Å². The fraction of sp³-hybridized carbons (Fsp3) is 0.231. The average Bonchev–Trinajstić information content (AvgIpc) is 3.14. The molecule has 3 rings (SSSR count). The third kappa shape index (κ3) is 3.37. The van der Waals surface area contributed by atoms with Crippen LogP contribution in [0.4, 0.5) is 5.69 Å². The molecule has 0 saturated heterocycles. The van der Waals surface area contributed by atoms with E-state index in [1.54, 1.807) is 11.0 Å². The molecule has 0 spiro atoms. The van der Waals surface area contributed by atoms with Crippen molar-refractivity contribution in [2.75, 3.05) is 5.32 Å². The van der Waals surface area contributed by atoms with Gasteiger partial charge in [-0.15, -0.1) is 21.5 Å². The Morgan fingerprint density at radius 2 is 2.29 bits per heavy atom. The molecule has 0 bridgehead atoms. The molecule has 0 aliphatic heterocycles. The number of thiazole rings is 1. The van der Waals surface area contributed by atoms with E-state index < -0.39 is 0 Å². The van der Waals surface area contributed by atoms with E-state index in [1.165, 1.54) is 11.3 Å². The van der Waals surface area contributed by atoms with Crippen molar-refractivity contribution >= 4 is 28.6 Å². The Bertz CT molecular complexity index is 738. The van der Waals surface area contributed by atoms with Crippen LogP contribution in [0.1, 0.15) is 11.8 Å². The van der Waals surface area contributed by atoms with Gasteiger partial charge in [-0.1, -0.05) is 23.7 Å². The van der Waals surface area contributed by atoms with E-state index in [2.05, 4.69) is 25.7 Å². The second-order valence-corrected chi connectivity index (χ2v) is 6.01. The monoisotopic (exact) mass is 320 g/mol. The van der Waals surface area contributed by atoms with E-state index in [1.807, 2.05) is 31.2 Å². The number of halogens is 1. The summed E-state index contributed by atoms with van der Waals surface area (Å²) in [5.41, 5.74) is 1.92. The molecule has 3 aromatic rings. The van der Waals surface area contributed by atoms with Crippen molar-refractivity contribution in [3.8, 4) is 11.4 Å². The first-order valence-electron chi connectivity index (χ1n) is 6.47. The summed E-state index contributed by atoms with van der Waals surface area (Å²) in [5.74, 6) is 0.626. The van der Waals surface area contributed by atoms with Gasteiger partial charge >= 0.3 is 0 Å². The zero-order valence-corrected chi connectivity index (χ0v) is 12.9. The summed E-state index contributed by atoms with van der Waals surface area (Å²) in [6, 6.07) is 7.92. The van der Waals surface area contributed by atoms with Gasteiger partial charge in [0.25, 0.3) is 0 Å². The molecule has 2 aromatic heterocycles. The molecule has 1 N–H and O–H groups in total. The fourth-order valence-electron chi connectivity index (χ4n) is 1.82. The van der Waals surface area contributed by atoms with Gasteiger partial charge in [0.05, 0.1) is 13.1 Å².